The minimum absolute atomic E-state index is 0.104. The van der Waals surface area contributed by atoms with Crippen molar-refractivity contribution < 1.29 is 2.74 Å². The minimum atomic E-state index is 0.104. The molecular formula is C3H4N2S. The summed E-state index contributed by atoms with van der Waals surface area (Å²) in [6.07, 6.45) is 0. The molecule has 32 valence electrons. The van der Waals surface area contributed by atoms with Crippen LogP contribution in [0.5, 0.6) is 0 Å². The van der Waals surface area contributed by atoms with E-state index < -0.39 is 0 Å². The Bertz CT molecular complexity index is 178. The van der Waals surface area contributed by atoms with Crippen LogP contribution in [0, 0.1) is 0 Å². The maximum absolute atomic E-state index is 6.95. The van der Waals surface area contributed by atoms with Crippen molar-refractivity contribution in [3.63, 3.8) is 0 Å². The Labute approximate surface area is 42.4 Å². The number of nitrogens with two attached hydrogens (primary N) is 1. The van der Waals surface area contributed by atoms with Gasteiger partial charge in [-0.25, -0.2) is 4.98 Å². The molecular weight excluding hydrogens is 96.1 g/mol. The topological polar surface area (TPSA) is 38.9 Å². The Balaban J connectivity index is 3.14. The van der Waals surface area contributed by atoms with Crippen LogP contribution in [0.4, 0.5) is 5.82 Å². The van der Waals surface area contributed by atoms with Crippen molar-refractivity contribution in [3.8, 4) is 0 Å². The molecule has 0 saturated heterocycles. The van der Waals surface area contributed by atoms with E-state index in [2.05, 4.69) is 4.98 Å². The van der Waals surface area contributed by atoms with Gasteiger partial charge in [0.1, 0.15) is 5.82 Å². The van der Waals surface area contributed by atoms with Gasteiger partial charge in [0, 0.05) is 5.36 Å². The molecule has 0 saturated carbocycles. The van der Waals surface area contributed by atoms with Crippen molar-refractivity contribution in [1.29, 1.82) is 0 Å². The molecule has 0 fully saturated rings. The second-order valence-electron chi connectivity index (χ2n) is 0.792. The van der Waals surface area contributed by atoms with Gasteiger partial charge in [-0.15, -0.1) is 11.3 Å². The van der Waals surface area contributed by atoms with Crippen molar-refractivity contribution in [2.75, 3.05) is 5.73 Å². The lowest BCUT2D eigenvalue weighted by Gasteiger charge is -1.67. The van der Waals surface area contributed by atoms with E-state index in [0.717, 1.165) is 11.3 Å². The van der Waals surface area contributed by atoms with Crippen LogP contribution in [-0.4, -0.2) is 4.98 Å². The fourth-order valence-electron chi connectivity index (χ4n) is 0.170. The Morgan fingerprint density at radius 3 is 3.17 bits per heavy atom. The van der Waals surface area contributed by atoms with Gasteiger partial charge in [0.15, 0.2) is 0 Å². The van der Waals surface area contributed by atoms with E-state index in [9.17, 15) is 0 Å². The quantitative estimate of drug-likeness (QED) is 0.524. The number of hydrogen-bond acceptors (Lipinski definition) is 3. The van der Waals surface area contributed by atoms with E-state index >= 15 is 0 Å². The molecule has 0 amide bonds. The van der Waals surface area contributed by atoms with Gasteiger partial charge >= 0.3 is 0 Å². The molecule has 0 unspecified atom stereocenters. The molecule has 0 bridgehead atoms. The predicted octanol–water partition coefficient (Wildman–Crippen LogP) is 0.725. The van der Waals surface area contributed by atoms with E-state index in [1.165, 1.54) is 0 Å². The summed E-state index contributed by atoms with van der Waals surface area (Å²) in [5, 5.41) is 0.176. The second kappa shape index (κ2) is 1.26. The number of aromatic nitrogens is 1. The molecule has 0 atom stereocenters. The van der Waals surface area contributed by atoms with Crippen LogP contribution in [0.25, 0.3) is 0 Å². The van der Waals surface area contributed by atoms with Crippen molar-refractivity contribution in [3.05, 3.63) is 10.8 Å². The van der Waals surface area contributed by atoms with Crippen LogP contribution >= 0.6 is 11.3 Å². The van der Waals surface area contributed by atoms with Crippen LogP contribution in [0.1, 0.15) is 2.74 Å². The van der Waals surface area contributed by atoms with Crippen LogP contribution in [0.3, 0.4) is 0 Å². The molecule has 1 rings (SSSR count). The maximum Gasteiger partial charge on any atom is 0.134 e. The molecule has 0 aliphatic rings. The normalized spacial score (nSPS) is 13.3. The number of hydrogen-bond donors (Lipinski definition) is 1. The van der Waals surface area contributed by atoms with Gasteiger partial charge in [0.05, 0.1) is 8.23 Å². The van der Waals surface area contributed by atoms with E-state index in [4.69, 9.17) is 8.48 Å². The fraction of sp³-hybridized carbons (Fsp3) is 0. The van der Waals surface area contributed by atoms with E-state index in [1.54, 1.807) is 0 Å². The standard InChI is InChI=1S/C3H4N2S/c4-3-1-6-2-5-3/h1-2H,4H2/i1D,2D. The summed E-state index contributed by atoms with van der Waals surface area (Å²) in [7, 11) is 0. The summed E-state index contributed by atoms with van der Waals surface area (Å²) >= 11 is 0.966. The van der Waals surface area contributed by atoms with Crippen LogP contribution in [0.15, 0.2) is 10.8 Å². The number of thiazole rings is 1. The zero-order valence-electron chi connectivity index (χ0n) is 4.93. The molecule has 0 aromatic carbocycles. The first-order valence-corrected chi connectivity index (χ1v) is 2.21. The smallest absolute Gasteiger partial charge is 0.134 e. The summed E-state index contributed by atoms with van der Waals surface area (Å²) < 4.78 is 13.8. The zero-order valence-corrected chi connectivity index (χ0v) is 3.75. The molecule has 0 aliphatic heterocycles. The lowest BCUT2D eigenvalue weighted by atomic mass is 10.9. The highest BCUT2D eigenvalue weighted by molar-refractivity contribution is 7.07. The maximum atomic E-state index is 6.95. The largest absolute Gasteiger partial charge is 0.383 e. The summed E-state index contributed by atoms with van der Waals surface area (Å²) in [6.45, 7) is 0. The van der Waals surface area contributed by atoms with Crippen molar-refractivity contribution in [2.45, 2.75) is 0 Å². The summed E-state index contributed by atoms with van der Waals surface area (Å²) in [6, 6.07) is 0. The third-order valence-electron chi connectivity index (χ3n) is 0.367. The third kappa shape index (κ3) is 0.490. The Morgan fingerprint density at radius 2 is 3.00 bits per heavy atom. The molecule has 0 spiro atoms. The molecule has 6 heavy (non-hydrogen) atoms. The van der Waals surface area contributed by atoms with Gasteiger partial charge in [-0.3, -0.25) is 0 Å². The lowest BCUT2D eigenvalue weighted by Crippen LogP contribution is -1.79. The van der Waals surface area contributed by atoms with Gasteiger partial charge in [-0.1, -0.05) is 0 Å². The van der Waals surface area contributed by atoms with Crippen LogP contribution in [0.2, 0.25) is 0 Å². The van der Waals surface area contributed by atoms with Crippen LogP contribution < -0.4 is 5.73 Å². The number of nitrogens with zero attached hydrogens (tertiary/aromatic N) is 1. The molecule has 0 aliphatic carbocycles. The van der Waals surface area contributed by atoms with Crippen molar-refractivity contribution in [1.82, 2.24) is 4.98 Å². The highest BCUT2D eigenvalue weighted by Crippen LogP contribution is 1.99. The van der Waals surface area contributed by atoms with Gasteiger partial charge in [-0.2, -0.15) is 0 Å². The van der Waals surface area contributed by atoms with Gasteiger partial charge in [-0.05, 0) is 0 Å². The Morgan fingerprint density at radius 1 is 2.17 bits per heavy atom. The first-order valence-electron chi connectivity index (χ1n) is 2.39. The summed E-state index contributed by atoms with van der Waals surface area (Å²) in [4.78, 5) is 3.49. The van der Waals surface area contributed by atoms with Crippen molar-refractivity contribution >= 4 is 17.2 Å². The Kier molecular flexibility index (Phi) is 0.406. The highest BCUT2D eigenvalue weighted by Gasteiger charge is 1.76. The fourth-order valence-corrected chi connectivity index (χ4v) is 0.510. The van der Waals surface area contributed by atoms with E-state index in [0.29, 0.717) is 0 Å². The first-order chi connectivity index (χ1) is 3.70. The number of nitrogen functional groups attached to an aromatic ring is 1. The van der Waals surface area contributed by atoms with E-state index in [1.807, 2.05) is 0 Å². The summed E-state index contributed by atoms with van der Waals surface area (Å²) in [5.41, 5.74) is 5.24. The number of rotatable bonds is 0. The molecule has 2 nitrogen and oxygen atoms in total. The average molecular weight is 102 g/mol. The molecule has 0 radical (unpaired) electrons. The SMILES string of the molecule is [2H]c1nc(N)c([2H])s1. The zero-order chi connectivity index (χ0) is 6.15. The predicted molar refractivity (Wildman–Crippen MR) is 26.5 cm³/mol. The molecule has 1 heterocycles. The molecule has 1 aromatic heterocycles. The monoisotopic (exact) mass is 102 g/mol. The van der Waals surface area contributed by atoms with Gasteiger partial charge in [0.2, 0.25) is 0 Å². The summed E-state index contributed by atoms with van der Waals surface area (Å²) in [5.74, 6) is 0.153. The number of anilines is 1. The van der Waals surface area contributed by atoms with Crippen molar-refractivity contribution in [2.24, 2.45) is 0 Å². The minimum Gasteiger partial charge on any atom is -0.383 e. The van der Waals surface area contributed by atoms with Gasteiger partial charge in [0.25, 0.3) is 0 Å². The Hall–Kier alpha value is -0.570. The highest BCUT2D eigenvalue weighted by atomic mass is 32.1. The molecule has 1 aromatic rings. The second-order valence-corrected chi connectivity index (χ2v) is 1.38. The lowest BCUT2D eigenvalue weighted by molar-refractivity contribution is 1.43. The van der Waals surface area contributed by atoms with Crippen LogP contribution in [-0.2, 0) is 0 Å². The van der Waals surface area contributed by atoms with E-state index in [-0.39, 0.29) is 16.7 Å². The average Bonchev–Trinajstić information content (AvgIpc) is 1.85. The molecule has 2 N–H and O–H groups in total. The van der Waals surface area contributed by atoms with Gasteiger partial charge < -0.3 is 5.73 Å². The molecule has 3 heteroatoms. The first kappa shape index (κ1) is 1.93. The third-order valence-corrected chi connectivity index (χ3v) is 0.861.